The van der Waals surface area contributed by atoms with Crippen LogP contribution in [-0.4, -0.2) is 41.3 Å². The molecule has 0 aliphatic carbocycles. The van der Waals surface area contributed by atoms with Crippen LogP contribution in [0.2, 0.25) is 0 Å². The van der Waals surface area contributed by atoms with Crippen LogP contribution in [0.3, 0.4) is 0 Å². The lowest BCUT2D eigenvalue weighted by atomic mass is 9.91. The highest BCUT2D eigenvalue weighted by Crippen LogP contribution is 2.30. The second-order valence-electron chi connectivity index (χ2n) is 6.65. The van der Waals surface area contributed by atoms with Gasteiger partial charge in [0.15, 0.2) is 0 Å². The number of nitrogens with zero attached hydrogens (tertiary/aromatic N) is 1. The van der Waals surface area contributed by atoms with Crippen LogP contribution in [0, 0.1) is 17.7 Å². The molecule has 0 bridgehead atoms. The molecule has 0 saturated carbocycles. The minimum absolute atomic E-state index is 0.0618. The molecule has 5 nitrogen and oxygen atoms in total. The number of aliphatic carboxylic acids is 1. The molecule has 1 aromatic rings. The molecule has 26 heavy (non-hydrogen) atoms. The molecule has 3 atom stereocenters. The molecule has 1 aromatic carbocycles. The lowest BCUT2D eigenvalue weighted by Crippen LogP contribution is -2.50. The van der Waals surface area contributed by atoms with Crippen molar-refractivity contribution in [1.29, 1.82) is 0 Å². The minimum atomic E-state index is -4.54. The zero-order chi connectivity index (χ0) is 19.5. The molecule has 1 saturated heterocycles. The van der Waals surface area contributed by atoms with Crippen molar-refractivity contribution in [3.05, 3.63) is 35.6 Å². The number of carbonyl (C=O) groups is 2. The highest BCUT2D eigenvalue weighted by atomic mass is 19.4. The van der Waals surface area contributed by atoms with Gasteiger partial charge in [-0.3, -0.25) is 4.79 Å². The second-order valence-corrected chi connectivity index (χ2v) is 6.65. The number of urea groups is 1. The van der Waals surface area contributed by atoms with Crippen LogP contribution < -0.4 is 5.32 Å². The van der Waals surface area contributed by atoms with E-state index in [2.05, 4.69) is 5.32 Å². The lowest BCUT2D eigenvalue weighted by molar-refractivity contribution is -0.143. The summed E-state index contributed by atoms with van der Waals surface area (Å²) in [7, 11) is 0. The zero-order valence-electron chi connectivity index (χ0n) is 14.1. The van der Waals surface area contributed by atoms with Crippen LogP contribution in [0.25, 0.3) is 0 Å². The molecule has 144 valence electrons. The fourth-order valence-corrected chi connectivity index (χ4v) is 3.12. The van der Waals surface area contributed by atoms with Crippen LogP contribution in [0.5, 0.6) is 0 Å². The Morgan fingerprint density at radius 3 is 2.42 bits per heavy atom. The second kappa shape index (κ2) is 7.92. The normalized spacial score (nSPS) is 22.0. The van der Waals surface area contributed by atoms with E-state index in [0.29, 0.717) is 6.42 Å². The Balaban J connectivity index is 2.14. The van der Waals surface area contributed by atoms with Crippen molar-refractivity contribution in [2.24, 2.45) is 11.8 Å². The number of nitrogens with one attached hydrogen (secondary N) is 1. The van der Waals surface area contributed by atoms with E-state index in [1.54, 1.807) is 6.92 Å². The van der Waals surface area contributed by atoms with Crippen molar-refractivity contribution in [2.75, 3.05) is 13.1 Å². The predicted octanol–water partition coefficient (Wildman–Crippen LogP) is 3.57. The van der Waals surface area contributed by atoms with E-state index in [9.17, 15) is 27.2 Å². The number of amides is 2. The lowest BCUT2D eigenvalue weighted by Gasteiger charge is -2.35. The predicted molar refractivity (Wildman–Crippen MR) is 84.8 cm³/mol. The third-order valence-corrected chi connectivity index (χ3v) is 4.30. The van der Waals surface area contributed by atoms with E-state index in [0.717, 1.165) is 12.1 Å². The minimum Gasteiger partial charge on any atom is -0.481 e. The third-order valence-electron chi connectivity index (χ3n) is 4.30. The number of carboxylic acids is 1. The van der Waals surface area contributed by atoms with Gasteiger partial charge in [-0.1, -0.05) is 19.1 Å². The zero-order valence-corrected chi connectivity index (χ0v) is 14.1. The maximum Gasteiger partial charge on any atom is 0.391 e. The molecule has 2 amide bonds. The first-order valence-corrected chi connectivity index (χ1v) is 8.15. The monoisotopic (exact) mass is 376 g/mol. The Kier molecular flexibility index (Phi) is 6.09. The smallest absolute Gasteiger partial charge is 0.391 e. The van der Waals surface area contributed by atoms with E-state index >= 15 is 0 Å². The molecule has 2 N–H and O–H groups in total. The first-order valence-electron chi connectivity index (χ1n) is 8.15. The van der Waals surface area contributed by atoms with E-state index in [-0.39, 0.29) is 24.6 Å². The fraction of sp³-hybridized carbons (Fsp3) is 0.529. The van der Waals surface area contributed by atoms with E-state index < -0.39 is 42.4 Å². The molecule has 1 aliphatic heterocycles. The largest absolute Gasteiger partial charge is 0.481 e. The Hall–Kier alpha value is -2.32. The van der Waals surface area contributed by atoms with Crippen LogP contribution in [-0.2, 0) is 4.79 Å². The Morgan fingerprint density at radius 1 is 1.27 bits per heavy atom. The summed E-state index contributed by atoms with van der Waals surface area (Å²) in [6.45, 7) is 1.98. The summed E-state index contributed by atoms with van der Waals surface area (Å²) >= 11 is 0. The molecule has 0 aromatic heterocycles. The first kappa shape index (κ1) is 20.0. The van der Waals surface area contributed by atoms with E-state index in [4.69, 9.17) is 5.11 Å². The highest BCUT2D eigenvalue weighted by Gasteiger charge is 2.36. The number of carbonyl (C=O) groups excluding carboxylic acids is 1. The van der Waals surface area contributed by atoms with Crippen LogP contribution >= 0.6 is 0 Å². The van der Waals surface area contributed by atoms with Crippen LogP contribution in [0.4, 0.5) is 22.4 Å². The van der Waals surface area contributed by atoms with Crippen LogP contribution in [0.15, 0.2) is 24.3 Å². The molecule has 1 heterocycles. The quantitative estimate of drug-likeness (QED) is 0.790. The standard InChI is InChI=1S/C17H20F4N2O3/c1-10-6-12(15(24)25)9-23(8-10)16(26)22-14(7-17(19,20)21)11-2-4-13(18)5-3-11/h2-5,10,12,14H,6-9H2,1H3,(H,22,26)(H,24,25). The van der Waals surface area contributed by atoms with Gasteiger partial charge in [0.05, 0.1) is 18.4 Å². The van der Waals surface area contributed by atoms with Crippen molar-refractivity contribution in [3.8, 4) is 0 Å². The summed E-state index contributed by atoms with van der Waals surface area (Å²) in [5.74, 6) is -2.47. The van der Waals surface area contributed by atoms with Gasteiger partial charge in [-0.2, -0.15) is 13.2 Å². The molecule has 0 spiro atoms. The number of benzene rings is 1. The molecule has 1 fully saturated rings. The summed E-state index contributed by atoms with van der Waals surface area (Å²) in [6, 6.07) is 2.27. The number of hydrogen-bond acceptors (Lipinski definition) is 2. The first-order chi connectivity index (χ1) is 12.0. The Labute approximate surface area is 148 Å². The van der Waals surface area contributed by atoms with E-state index in [1.165, 1.54) is 17.0 Å². The van der Waals surface area contributed by atoms with Crippen molar-refractivity contribution in [2.45, 2.75) is 32.0 Å². The van der Waals surface area contributed by atoms with Gasteiger partial charge in [-0.25, -0.2) is 9.18 Å². The molecular weight excluding hydrogens is 356 g/mol. The van der Waals surface area contributed by atoms with Gasteiger partial charge in [0, 0.05) is 13.1 Å². The number of piperidine rings is 1. The van der Waals surface area contributed by atoms with Gasteiger partial charge >= 0.3 is 18.2 Å². The molecule has 9 heteroatoms. The van der Waals surface area contributed by atoms with Crippen LogP contribution in [0.1, 0.15) is 31.4 Å². The SMILES string of the molecule is CC1CC(C(=O)O)CN(C(=O)NC(CC(F)(F)F)c2ccc(F)cc2)C1. The Bertz CT molecular complexity index is 648. The summed E-state index contributed by atoms with van der Waals surface area (Å²) < 4.78 is 51.7. The maximum absolute atomic E-state index is 13.0. The van der Waals surface area contributed by atoms with Gasteiger partial charge in [0.2, 0.25) is 0 Å². The topological polar surface area (TPSA) is 69.6 Å². The third kappa shape index (κ3) is 5.60. The molecule has 0 radical (unpaired) electrons. The summed E-state index contributed by atoms with van der Waals surface area (Å²) in [5, 5.41) is 11.5. The molecule has 2 rings (SSSR count). The van der Waals surface area contributed by atoms with Gasteiger partial charge in [-0.05, 0) is 30.0 Å². The maximum atomic E-state index is 13.0. The Morgan fingerprint density at radius 2 is 1.88 bits per heavy atom. The van der Waals surface area contributed by atoms with Gasteiger partial charge in [0.1, 0.15) is 5.82 Å². The van der Waals surface area contributed by atoms with Gasteiger partial charge in [0.25, 0.3) is 0 Å². The van der Waals surface area contributed by atoms with Gasteiger partial charge in [-0.15, -0.1) is 0 Å². The number of halogens is 4. The van der Waals surface area contributed by atoms with Crippen molar-refractivity contribution >= 4 is 12.0 Å². The fourth-order valence-electron chi connectivity index (χ4n) is 3.12. The van der Waals surface area contributed by atoms with Crippen molar-refractivity contribution in [1.82, 2.24) is 10.2 Å². The van der Waals surface area contributed by atoms with Gasteiger partial charge < -0.3 is 15.3 Å². The van der Waals surface area contributed by atoms with E-state index in [1.807, 2.05) is 0 Å². The van der Waals surface area contributed by atoms with Crippen molar-refractivity contribution < 1.29 is 32.3 Å². The average Bonchev–Trinajstić information content (AvgIpc) is 2.53. The molecule has 3 unspecified atom stereocenters. The number of likely N-dealkylation sites (tertiary alicyclic amines) is 1. The number of rotatable bonds is 4. The summed E-state index contributed by atoms with van der Waals surface area (Å²) in [6.07, 6.45) is -5.44. The number of hydrogen-bond donors (Lipinski definition) is 2. The van der Waals surface area contributed by atoms with Crippen molar-refractivity contribution in [3.63, 3.8) is 0 Å². The summed E-state index contributed by atoms with van der Waals surface area (Å²) in [5.41, 5.74) is 0.122. The molecular formula is C17H20F4N2O3. The molecule has 1 aliphatic rings. The average molecular weight is 376 g/mol. The highest BCUT2D eigenvalue weighted by molar-refractivity contribution is 5.77. The number of alkyl halides is 3. The summed E-state index contributed by atoms with van der Waals surface area (Å²) in [4.78, 5) is 24.8. The number of carboxylic acid groups (broad SMARTS) is 1.